The molecule has 2 aromatic carbocycles. The molecule has 1 aliphatic heterocycles. The number of quaternary nitrogens is 1. The molecular formula is C22H20ClN2O2S+. The van der Waals surface area contributed by atoms with Crippen LogP contribution < -0.4 is 10.5 Å². The molecule has 2 aromatic heterocycles. The van der Waals surface area contributed by atoms with Gasteiger partial charge in [0.2, 0.25) is 0 Å². The number of hydrogen-bond donors (Lipinski definition) is 1. The summed E-state index contributed by atoms with van der Waals surface area (Å²) in [4.78, 5) is 18.5. The predicted molar refractivity (Wildman–Crippen MR) is 113 cm³/mol. The van der Waals surface area contributed by atoms with Crippen molar-refractivity contribution in [1.82, 2.24) is 4.98 Å². The maximum Gasteiger partial charge on any atom is 0.336 e. The second-order valence-electron chi connectivity index (χ2n) is 7.49. The number of aryl methyl sites for hydroxylation is 1. The highest BCUT2D eigenvalue weighted by Gasteiger charge is 2.33. The highest BCUT2D eigenvalue weighted by molar-refractivity contribution is 7.18. The third kappa shape index (κ3) is 3.13. The summed E-state index contributed by atoms with van der Waals surface area (Å²) in [7, 11) is 0. The molecule has 1 unspecified atom stereocenters. The van der Waals surface area contributed by atoms with Gasteiger partial charge in [-0.15, -0.1) is 11.3 Å². The number of halogens is 1. The first-order chi connectivity index (χ1) is 13.6. The number of rotatable bonds is 3. The van der Waals surface area contributed by atoms with Crippen LogP contribution in [0.15, 0.2) is 51.7 Å². The number of likely N-dealkylation sites (tertiary alicyclic amines) is 1. The minimum Gasteiger partial charge on any atom is -0.423 e. The van der Waals surface area contributed by atoms with E-state index in [1.54, 1.807) is 17.4 Å². The molecule has 3 heterocycles. The standard InChI is InChI=1S/C22H19ClN2O2S/c1-13-9-19-15(11-16(13)23)14(10-21(26)27-19)12-25-8-4-6-18(25)22-24-17-5-2-3-7-20(17)28-22/h2-3,5,7,9-11,18H,4,6,8,12H2,1H3/p+1/t18-/m1/s1. The summed E-state index contributed by atoms with van der Waals surface area (Å²) in [6.07, 6.45) is 2.28. The Hall–Kier alpha value is -2.21. The van der Waals surface area contributed by atoms with Gasteiger partial charge in [0.15, 0.2) is 5.01 Å². The van der Waals surface area contributed by atoms with Crippen molar-refractivity contribution < 1.29 is 9.32 Å². The van der Waals surface area contributed by atoms with Gasteiger partial charge < -0.3 is 9.32 Å². The third-order valence-corrected chi connectivity index (χ3v) is 7.18. The number of fused-ring (bicyclic) bond motifs is 2. The highest BCUT2D eigenvalue weighted by Crippen LogP contribution is 2.30. The van der Waals surface area contributed by atoms with Crippen LogP contribution in [0.1, 0.15) is 35.0 Å². The lowest BCUT2D eigenvalue weighted by Gasteiger charge is -2.20. The lowest BCUT2D eigenvalue weighted by atomic mass is 10.1. The van der Waals surface area contributed by atoms with Crippen LogP contribution in [-0.2, 0) is 6.54 Å². The number of para-hydroxylation sites is 1. The second-order valence-corrected chi connectivity index (χ2v) is 8.96. The molecule has 0 spiro atoms. The van der Waals surface area contributed by atoms with Crippen molar-refractivity contribution in [2.45, 2.75) is 32.4 Å². The van der Waals surface area contributed by atoms with Crippen LogP contribution in [0.4, 0.5) is 0 Å². The van der Waals surface area contributed by atoms with Crippen LogP contribution in [0.2, 0.25) is 5.02 Å². The largest absolute Gasteiger partial charge is 0.423 e. The van der Waals surface area contributed by atoms with Gasteiger partial charge >= 0.3 is 5.63 Å². The van der Waals surface area contributed by atoms with E-state index in [0.29, 0.717) is 16.6 Å². The normalized spacial score (nSPS) is 19.6. The molecule has 4 nitrogen and oxygen atoms in total. The third-order valence-electron chi connectivity index (χ3n) is 5.62. The van der Waals surface area contributed by atoms with Gasteiger partial charge in [-0.05, 0) is 36.8 Å². The van der Waals surface area contributed by atoms with Crippen molar-refractivity contribution in [3.05, 3.63) is 74.0 Å². The van der Waals surface area contributed by atoms with Gasteiger partial charge in [-0.25, -0.2) is 9.78 Å². The lowest BCUT2D eigenvalue weighted by Crippen LogP contribution is -3.08. The molecule has 5 rings (SSSR count). The van der Waals surface area contributed by atoms with E-state index in [-0.39, 0.29) is 5.63 Å². The Kier molecular flexibility index (Phi) is 4.46. The zero-order chi connectivity index (χ0) is 19.3. The van der Waals surface area contributed by atoms with E-state index in [1.165, 1.54) is 14.6 Å². The van der Waals surface area contributed by atoms with E-state index in [1.807, 2.05) is 25.1 Å². The van der Waals surface area contributed by atoms with Crippen LogP contribution >= 0.6 is 22.9 Å². The maximum absolute atomic E-state index is 12.1. The minimum absolute atomic E-state index is 0.306. The average molecular weight is 412 g/mol. The Morgan fingerprint density at radius 1 is 1.29 bits per heavy atom. The van der Waals surface area contributed by atoms with Crippen molar-refractivity contribution in [1.29, 1.82) is 0 Å². The van der Waals surface area contributed by atoms with E-state index in [2.05, 4.69) is 18.2 Å². The van der Waals surface area contributed by atoms with Gasteiger partial charge in [0.05, 0.1) is 16.8 Å². The molecule has 4 aromatic rings. The molecule has 1 N–H and O–H groups in total. The van der Waals surface area contributed by atoms with Gasteiger partial charge in [0.25, 0.3) is 0 Å². The molecular weight excluding hydrogens is 392 g/mol. The average Bonchev–Trinajstić information content (AvgIpc) is 3.29. The smallest absolute Gasteiger partial charge is 0.336 e. The van der Waals surface area contributed by atoms with E-state index < -0.39 is 0 Å². The molecule has 0 amide bonds. The molecule has 0 bridgehead atoms. The molecule has 6 heteroatoms. The van der Waals surface area contributed by atoms with E-state index in [4.69, 9.17) is 21.0 Å². The molecule has 1 saturated heterocycles. The van der Waals surface area contributed by atoms with Gasteiger partial charge in [0, 0.05) is 34.9 Å². The lowest BCUT2D eigenvalue weighted by molar-refractivity contribution is -0.931. The van der Waals surface area contributed by atoms with Gasteiger partial charge in [-0.3, -0.25) is 0 Å². The number of nitrogens with one attached hydrogen (secondary N) is 1. The molecule has 1 aliphatic rings. The van der Waals surface area contributed by atoms with Crippen molar-refractivity contribution in [3.63, 3.8) is 0 Å². The van der Waals surface area contributed by atoms with Crippen LogP contribution in [0.25, 0.3) is 21.2 Å². The van der Waals surface area contributed by atoms with Crippen molar-refractivity contribution in [2.75, 3.05) is 6.54 Å². The fourth-order valence-corrected chi connectivity index (χ4v) is 5.52. The molecule has 0 aliphatic carbocycles. The van der Waals surface area contributed by atoms with E-state index in [0.717, 1.165) is 48.0 Å². The first kappa shape index (κ1) is 17.9. The number of thiazole rings is 1. The first-order valence-electron chi connectivity index (χ1n) is 9.51. The monoisotopic (exact) mass is 411 g/mol. The van der Waals surface area contributed by atoms with Crippen molar-refractivity contribution >= 4 is 44.1 Å². The van der Waals surface area contributed by atoms with Crippen LogP contribution in [0.5, 0.6) is 0 Å². The summed E-state index contributed by atoms with van der Waals surface area (Å²) in [5.41, 5.74) is 3.28. The van der Waals surface area contributed by atoms with Crippen molar-refractivity contribution in [2.24, 2.45) is 0 Å². The maximum atomic E-state index is 12.1. The number of benzene rings is 2. The topological polar surface area (TPSA) is 47.5 Å². The van der Waals surface area contributed by atoms with Crippen molar-refractivity contribution in [3.8, 4) is 0 Å². The van der Waals surface area contributed by atoms with Gasteiger partial charge in [-0.2, -0.15) is 0 Å². The Morgan fingerprint density at radius 2 is 2.14 bits per heavy atom. The van der Waals surface area contributed by atoms with Crippen LogP contribution in [0, 0.1) is 6.92 Å². The highest BCUT2D eigenvalue weighted by atomic mass is 35.5. The van der Waals surface area contributed by atoms with E-state index >= 15 is 0 Å². The Bertz CT molecular complexity index is 1210. The van der Waals surface area contributed by atoms with Crippen LogP contribution in [0.3, 0.4) is 0 Å². The minimum atomic E-state index is -0.306. The summed E-state index contributed by atoms with van der Waals surface area (Å²) >= 11 is 8.14. The molecule has 28 heavy (non-hydrogen) atoms. The van der Waals surface area contributed by atoms with Gasteiger partial charge in [0.1, 0.15) is 18.2 Å². The fourth-order valence-electron chi connectivity index (χ4n) is 4.20. The SMILES string of the molecule is Cc1cc2oc(=O)cc(C[NH+]3CCC[C@@H]3c3nc4ccccc4s3)c2cc1Cl. The summed E-state index contributed by atoms with van der Waals surface area (Å²) in [5, 5.41) is 2.81. The summed E-state index contributed by atoms with van der Waals surface area (Å²) < 4.78 is 6.65. The Morgan fingerprint density at radius 3 is 3.00 bits per heavy atom. The number of aromatic nitrogens is 1. The van der Waals surface area contributed by atoms with Gasteiger partial charge in [-0.1, -0.05) is 23.7 Å². The van der Waals surface area contributed by atoms with E-state index in [9.17, 15) is 4.79 Å². The number of nitrogens with zero attached hydrogens (tertiary/aromatic N) is 1. The summed E-state index contributed by atoms with van der Waals surface area (Å²) in [6, 6.07) is 14.1. The molecule has 142 valence electrons. The number of hydrogen-bond acceptors (Lipinski definition) is 4. The zero-order valence-corrected chi connectivity index (χ0v) is 17.1. The Labute approximate surface area is 171 Å². The molecule has 0 radical (unpaired) electrons. The summed E-state index contributed by atoms with van der Waals surface area (Å²) in [6.45, 7) is 3.76. The Balaban J connectivity index is 1.53. The van der Waals surface area contributed by atoms with Crippen LogP contribution in [-0.4, -0.2) is 11.5 Å². The molecule has 2 atom stereocenters. The quantitative estimate of drug-likeness (QED) is 0.512. The predicted octanol–water partition coefficient (Wildman–Crippen LogP) is 4.28. The second kappa shape index (κ2) is 6.99. The fraction of sp³-hybridized carbons (Fsp3) is 0.273. The zero-order valence-electron chi connectivity index (χ0n) is 15.5. The summed E-state index contributed by atoms with van der Waals surface area (Å²) in [5.74, 6) is 0. The molecule has 1 fully saturated rings. The first-order valence-corrected chi connectivity index (χ1v) is 10.7. The molecule has 0 saturated carbocycles.